The number of nitrogens with zero attached hydrogens (tertiary/aromatic N) is 1. The Kier molecular flexibility index (Phi) is 5.30. The third-order valence-electron chi connectivity index (χ3n) is 5.56. The zero-order valence-electron chi connectivity index (χ0n) is 13.5. The number of hydrogen-bond donors (Lipinski definition) is 1. The van der Waals surface area contributed by atoms with Crippen LogP contribution in [0.25, 0.3) is 0 Å². The van der Waals surface area contributed by atoms with Crippen molar-refractivity contribution in [1.82, 2.24) is 10.2 Å². The molecule has 2 heteroatoms. The molecule has 0 aromatic heterocycles. The fraction of sp³-hybridized carbons (Fsp3) is 1.00. The van der Waals surface area contributed by atoms with E-state index in [0.717, 1.165) is 18.0 Å². The van der Waals surface area contributed by atoms with Crippen LogP contribution in [0.4, 0.5) is 0 Å². The SMILES string of the molecule is CCC1CNC2(CCCCC2)CN1C(CC)C(C)C. The summed E-state index contributed by atoms with van der Waals surface area (Å²) in [4.78, 5) is 2.87. The van der Waals surface area contributed by atoms with Gasteiger partial charge in [-0.3, -0.25) is 4.90 Å². The minimum absolute atomic E-state index is 0.451. The van der Waals surface area contributed by atoms with Crippen LogP contribution in [0.15, 0.2) is 0 Å². The minimum atomic E-state index is 0.451. The average molecular weight is 266 g/mol. The second kappa shape index (κ2) is 6.58. The van der Waals surface area contributed by atoms with Crippen LogP contribution in [0, 0.1) is 5.92 Å². The van der Waals surface area contributed by atoms with Gasteiger partial charge in [0.05, 0.1) is 0 Å². The van der Waals surface area contributed by atoms with Gasteiger partial charge in [0.1, 0.15) is 0 Å². The van der Waals surface area contributed by atoms with E-state index in [2.05, 4.69) is 37.9 Å². The largest absolute Gasteiger partial charge is 0.308 e. The molecule has 0 aromatic rings. The molecule has 1 spiro atoms. The van der Waals surface area contributed by atoms with Crippen molar-refractivity contribution in [3.63, 3.8) is 0 Å². The topological polar surface area (TPSA) is 15.3 Å². The van der Waals surface area contributed by atoms with Gasteiger partial charge >= 0.3 is 0 Å². The van der Waals surface area contributed by atoms with Crippen molar-refractivity contribution in [2.24, 2.45) is 5.92 Å². The van der Waals surface area contributed by atoms with Crippen LogP contribution in [0.5, 0.6) is 0 Å². The third kappa shape index (κ3) is 3.33. The quantitative estimate of drug-likeness (QED) is 0.832. The smallest absolute Gasteiger partial charge is 0.0309 e. The van der Waals surface area contributed by atoms with Crippen molar-refractivity contribution >= 4 is 0 Å². The van der Waals surface area contributed by atoms with Gasteiger partial charge in [-0.15, -0.1) is 0 Å². The van der Waals surface area contributed by atoms with E-state index in [0.29, 0.717) is 5.54 Å². The molecule has 1 aliphatic carbocycles. The molecule has 1 aliphatic heterocycles. The van der Waals surface area contributed by atoms with Crippen LogP contribution >= 0.6 is 0 Å². The van der Waals surface area contributed by atoms with Crippen LogP contribution in [0.1, 0.15) is 72.6 Å². The number of piperazine rings is 1. The summed E-state index contributed by atoms with van der Waals surface area (Å²) in [6.07, 6.45) is 9.67. The van der Waals surface area contributed by atoms with Crippen molar-refractivity contribution < 1.29 is 0 Å². The lowest BCUT2D eigenvalue weighted by Crippen LogP contribution is -2.67. The molecular weight excluding hydrogens is 232 g/mol. The van der Waals surface area contributed by atoms with E-state index >= 15 is 0 Å². The monoisotopic (exact) mass is 266 g/mol. The van der Waals surface area contributed by atoms with Gasteiger partial charge in [0, 0.05) is 30.7 Å². The summed E-state index contributed by atoms with van der Waals surface area (Å²) in [6.45, 7) is 12.0. The summed E-state index contributed by atoms with van der Waals surface area (Å²) >= 11 is 0. The molecule has 2 aliphatic rings. The van der Waals surface area contributed by atoms with Crippen LogP contribution in [-0.4, -0.2) is 35.6 Å². The molecule has 112 valence electrons. The maximum absolute atomic E-state index is 3.94. The van der Waals surface area contributed by atoms with E-state index in [9.17, 15) is 0 Å². The Morgan fingerprint density at radius 3 is 2.37 bits per heavy atom. The van der Waals surface area contributed by atoms with Gasteiger partial charge in [0.2, 0.25) is 0 Å². The van der Waals surface area contributed by atoms with Crippen molar-refractivity contribution in [3.05, 3.63) is 0 Å². The predicted molar refractivity (Wildman–Crippen MR) is 83.5 cm³/mol. The zero-order chi connectivity index (χ0) is 13.9. The Hall–Kier alpha value is -0.0800. The molecule has 2 rings (SSSR count). The van der Waals surface area contributed by atoms with Crippen LogP contribution in [0.3, 0.4) is 0 Å². The highest BCUT2D eigenvalue weighted by Gasteiger charge is 2.41. The molecule has 2 fully saturated rings. The van der Waals surface area contributed by atoms with Gasteiger partial charge in [0.15, 0.2) is 0 Å². The molecule has 2 unspecified atom stereocenters. The first-order chi connectivity index (χ1) is 9.12. The molecule has 0 radical (unpaired) electrons. The fourth-order valence-electron chi connectivity index (χ4n) is 4.41. The predicted octanol–water partition coefficient (Wildman–Crippen LogP) is 3.81. The fourth-order valence-corrected chi connectivity index (χ4v) is 4.41. The van der Waals surface area contributed by atoms with E-state index < -0.39 is 0 Å². The molecular formula is C17H34N2. The maximum atomic E-state index is 3.94. The lowest BCUT2D eigenvalue weighted by Gasteiger charge is -2.53. The van der Waals surface area contributed by atoms with Gasteiger partial charge in [-0.1, -0.05) is 47.0 Å². The maximum Gasteiger partial charge on any atom is 0.0309 e. The first-order valence-corrected chi connectivity index (χ1v) is 8.62. The molecule has 0 bridgehead atoms. The summed E-state index contributed by atoms with van der Waals surface area (Å²) in [5.74, 6) is 0.776. The molecule has 2 atom stereocenters. The van der Waals surface area contributed by atoms with Crippen molar-refractivity contribution in [2.45, 2.75) is 90.3 Å². The molecule has 19 heavy (non-hydrogen) atoms. The van der Waals surface area contributed by atoms with Crippen molar-refractivity contribution in [1.29, 1.82) is 0 Å². The van der Waals surface area contributed by atoms with Crippen molar-refractivity contribution in [3.8, 4) is 0 Å². The van der Waals surface area contributed by atoms with E-state index in [1.54, 1.807) is 0 Å². The Bertz CT molecular complexity index is 268. The van der Waals surface area contributed by atoms with Gasteiger partial charge in [-0.05, 0) is 31.6 Å². The minimum Gasteiger partial charge on any atom is -0.308 e. The Morgan fingerprint density at radius 1 is 1.16 bits per heavy atom. The number of hydrogen-bond acceptors (Lipinski definition) is 2. The Morgan fingerprint density at radius 2 is 1.84 bits per heavy atom. The van der Waals surface area contributed by atoms with Gasteiger partial charge in [-0.2, -0.15) is 0 Å². The first-order valence-electron chi connectivity index (χ1n) is 8.62. The summed E-state index contributed by atoms with van der Waals surface area (Å²) < 4.78 is 0. The van der Waals surface area contributed by atoms with Crippen molar-refractivity contribution in [2.75, 3.05) is 13.1 Å². The third-order valence-corrected chi connectivity index (χ3v) is 5.56. The van der Waals surface area contributed by atoms with Crippen LogP contribution in [0.2, 0.25) is 0 Å². The molecule has 1 saturated carbocycles. The van der Waals surface area contributed by atoms with E-state index in [-0.39, 0.29) is 0 Å². The summed E-state index contributed by atoms with van der Waals surface area (Å²) in [7, 11) is 0. The standard InChI is InChI=1S/C17H34N2/c1-5-15-12-18-17(10-8-7-9-11-17)13-19(15)16(6-2)14(3)4/h14-16,18H,5-13H2,1-4H3. The average Bonchev–Trinajstić information content (AvgIpc) is 2.40. The van der Waals surface area contributed by atoms with Gasteiger partial charge in [0.25, 0.3) is 0 Å². The molecule has 1 saturated heterocycles. The first kappa shape index (κ1) is 15.3. The lowest BCUT2D eigenvalue weighted by molar-refractivity contribution is 0.00652. The molecule has 1 N–H and O–H groups in total. The zero-order valence-corrected chi connectivity index (χ0v) is 13.5. The van der Waals surface area contributed by atoms with Gasteiger partial charge in [-0.25, -0.2) is 0 Å². The highest BCUT2D eigenvalue weighted by molar-refractivity contribution is 5.01. The van der Waals surface area contributed by atoms with E-state index in [1.807, 2.05) is 0 Å². The van der Waals surface area contributed by atoms with E-state index in [4.69, 9.17) is 0 Å². The summed E-state index contributed by atoms with van der Waals surface area (Å²) in [5, 5.41) is 3.94. The molecule has 1 heterocycles. The van der Waals surface area contributed by atoms with Crippen LogP contribution < -0.4 is 5.32 Å². The van der Waals surface area contributed by atoms with E-state index in [1.165, 1.54) is 58.0 Å². The summed E-state index contributed by atoms with van der Waals surface area (Å²) in [5.41, 5.74) is 0.451. The Labute approximate surface area is 120 Å². The second-order valence-electron chi connectivity index (χ2n) is 7.18. The molecule has 2 nitrogen and oxygen atoms in total. The molecule has 0 aromatic carbocycles. The Balaban J connectivity index is 2.11. The number of rotatable bonds is 4. The molecule has 0 amide bonds. The highest BCUT2D eigenvalue weighted by Crippen LogP contribution is 2.34. The number of nitrogens with one attached hydrogen (secondary N) is 1. The highest BCUT2D eigenvalue weighted by atomic mass is 15.3. The second-order valence-corrected chi connectivity index (χ2v) is 7.18. The summed E-state index contributed by atoms with van der Waals surface area (Å²) in [6, 6.07) is 1.52. The lowest BCUT2D eigenvalue weighted by atomic mass is 9.78. The van der Waals surface area contributed by atoms with Gasteiger partial charge < -0.3 is 5.32 Å². The normalized spacial score (nSPS) is 29.8. The van der Waals surface area contributed by atoms with Crippen LogP contribution in [-0.2, 0) is 0 Å².